The Labute approximate surface area is 509 Å². The van der Waals surface area contributed by atoms with Crippen molar-refractivity contribution in [1.82, 2.24) is 29.5 Å². The fourth-order valence-electron chi connectivity index (χ4n) is 13.3. The summed E-state index contributed by atoms with van der Waals surface area (Å²) in [6.45, 7) is 0.0622. The molecule has 2 aliphatic rings. The maximum Gasteiger partial charge on any atom is 0.252 e. The molecule has 17 rings (SSSR count). The van der Waals surface area contributed by atoms with Gasteiger partial charge in [-0.1, -0.05) is 224 Å². The van der Waals surface area contributed by atoms with E-state index < -0.39 is 0 Å². The van der Waals surface area contributed by atoms with Crippen LogP contribution in [0.3, 0.4) is 0 Å². The Morgan fingerprint density at radius 1 is 0.250 bits per heavy atom. The Hall–Kier alpha value is -11.8. The second-order valence-electron chi connectivity index (χ2n) is 22.4. The molecule has 0 fully saturated rings. The van der Waals surface area contributed by atoms with Crippen LogP contribution in [0.5, 0.6) is 0 Å². The van der Waals surface area contributed by atoms with Gasteiger partial charge in [0.25, 0.3) is 6.71 Å². The first-order valence-electron chi connectivity index (χ1n) is 29.8. The van der Waals surface area contributed by atoms with Crippen LogP contribution in [0.25, 0.3) is 107 Å². The lowest BCUT2D eigenvalue weighted by Crippen LogP contribution is -2.61. The Bertz CT molecular complexity index is 5060. The van der Waals surface area contributed by atoms with E-state index in [9.17, 15) is 0 Å². The Balaban J connectivity index is 0.802. The van der Waals surface area contributed by atoms with E-state index in [-0.39, 0.29) is 6.71 Å². The van der Waals surface area contributed by atoms with Crippen molar-refractivity contribution in [2.24, 2.45) is 0 Å². The van der Waals surface area contributed by atoms with Gasteiger partial charge in [0.05, 0.1) is 28.1 Å². The van der Waals surface area contributed by atoms with Crippen LogP contribution >= 0.6 is 0 Å². The fourth-order valence-corrected chi connectivity index (χ4v) is 13.3. The van der Waals surface area contributed by atoms with E-state index in [0.717, 1.165) is 94.8 Å². The van der Waals surface area contributed by atoms with Crippen molar-refractivity contribution in [3.8, 4) is 84.9 Å². The second-order valence-corrected chi connectivity index (χ2v) is 22.4. The Morgan fingerprint density at radius 3 is 1.27 bits per heavy atom. The van der Waals surface area contributed by atoms with Crippen molar-refractivity contribution in [2.75, 3.05) is 9.80 Å². The topological polar surface area (TPSA) is 75.9 Å². The molecule has 12 aromatic carbocycles. The number of hydrogen-bond donors (Lipinski definition) is 0. The molecule has 0 saturated heterocycles. The predicted octanol–water partition coefficient (Wildman–Crippen LogP) is 17.5. The Kier molecular flexibility index (Phi) is 12.1. The van der Waals surface area contributed by atoms with Crippen LogP contribution in [-0.2, 0) is 0 Å². The van der Waals surface area contributed by atoms with E-state index in [1.165, 1.54) is 39.1 Å². The van der Waals surface area contributed by atoms with E-state index in [0.29, 0.717) is 23.3 Å². The Morgan fingerprint density at radius 2 is 0.670 bits per heavy atom. The highest BCUT2D eigenvalue weighted by atomic mass is 15.2. The van der Waals surface area contributed by atoms with Crippen LogP contribution in [0.2, 0.25) is 0 Å². The summed E-state index contributed by atoms with van der Waals surface area (Å²) in [4.78, 5) is 31.7. The van der Waals surface area contributed by atoms with Gasteiger partial charge in [-0.05, 0) is 112 Å². The van der Waals surface area contributed by atoms with E-state index in [4.69, 9.17) is 24.9 Å². The predicted molar refractivity (Wildman–Crippen MR) is 362 cm³/mol. The van der Waals surface area contributed by atoms with Crippen LogP contribution in [0.1, 0.15) is 0 Å². The standard InChI is InChI=1S/C79H51BN8/c1-5-23-53(24-6-1)66-51-67(54-25-7-2-8-26-54)82-78(81-66)58-47-48-70(88-68-37-17-13-33-61(68)62-34-14-18-38-69(62)88)63(50-58)79-84-76(55-27-9-3-10-28-55)83-77(85-79)56-45-43-52(44-46-56)57-29-21-32-60(49-57)87-72-40-20-16-36-65(72)80-64-35-15-19-39-71(64)86(59-30-11-4-12-31-59)73-41-22-42-74(87)75(73)80/h1-51H. The lowest BCUT2D eigenvalue weighted by Gasteiger charge is -2.44. The molecule has 0 N–H and O–H groups in total. The molecule has 88 heavy (non-hydrogen) atoms. The van der Waals surface area contributed by atoms with Crippen molar-refractivity contribution in [3.63, 3.8) is 0 Å². The minimum Gasteiger partial charge on any atom is -0.311 e. The van der Waals surface area contributed by atoms with Crippen LogP contribution in [0.4, 0.5) is 34.1 Å². The molecule has 0 saturated carbocycles. The van der Waals surface area contributed by atoms with Gasteiger partial charge < -0.3 is 14.4 Å². The third-order valence-corrected chi connectivity index (χ3v) is 17.3. The molecule has 0 unspecified atom stereocenters. The van der Waals surface area contributed by atoms with E-state index in [1.54, 1.807) is 0 Å². The van der Waals surface area contributed by atoms with Gasteiger partial charge in [0.2, 0.25) is 0 Å². The summed E-state index contributed by atoms with van der Waals surface area (Å²) in [6, 6.07) is 109. The van der Waals surface area contributed by atoms with E-state index in [2.05, 4.69) is 269 Å². The van der Waals surface area contributed by atoms with Crippen LogP contribution < -0.4 is 26.2 Å². The molecule has 0 radical (unpaired) electrons. The number of benzene rings is 12. The monoisotopic (exact) mass is 1120 g/mol. The minimum absolute atomic E-state index is 0.0622. The summed E-state index contributed by atoms with van der Waals surface area (Å²) >= 11 is 0. The lowest BCUT2D eigenvalue weighted by atomic mass is 9.33. The maximum absolute atomic E-state index is 5.49. The first kappa shape index (κ1) is 50.7. The summed E-state index contributed by atoms with van der Waals surface area (Å²) in [7, 11) is 0. The third-order valence-electron chi connectivity index (χ3n) is 17.3. The molecule has 0 spiro atoms. The van der Waals surface area contributed by atoms with E-state index in [1.807, 2.05) is 54.6 Å². The highest BCUT2D eigenvalue weighted by Gasteiger charge is 2.43. The lowest BCUT2D eigenvalue weighted by molar-refractivity contribution is 1.06. The molecular weight excluding hydrogens is 1070 g/mol. The first-order chi connectivity index (χ1) is 43.6. The van der Waals surface area contributed by atoms with E-state index >= 15 is 0 Å². The zero-order chi connectivity index (χ0) is 58.1. The van der Waals surface area contributed by atoms with Crippen molar-refractivity contribution in [1.29, 1.82) is 0 Å². The number of anilines is 6. The highest BCUT2D eigenvalue weighted by Crippen LogP contribution is 2.45. The molecular formula is C79H51BN8. The molecule has 8 nitrogen and oxygen atoms in total. The smallest absolute Gasteiger partial charge is 0.252 e. The molecule has 9 heteroatoms. The number of aromatic nitrogens is 6. The van der Waals surface area contributed by atoms with Gasteiger partial charge in [-0.25, -0.2) is 24.9 Å². The number of nitrogens with zero attached hydrogens (tertiary/aromatic N) is 8. The number of fused-ring (bicyclic) bond motifs is 7. The third kappa shape index (κ3) is 8.58. The van der Waals surface area contributed by atoms with Gasteiger partial charge >= 0.3 is 0 Å². The summed E-state index contributed by atoms with van der Waals surface area (Å²) in [5, 5.41) is 2.31. The van der Waals surface area contributed by atoms with Gasteiger partial charge in [-0.3, -0.25) is 0 Å². The normalized spacial score (nSPS) is 12.2. The minimum atomic E-state index is 0.0622. The summed E-state index contributed by atoms with van der Waals surface area (Å²) in [5.74, 6) is 2.22. The molecule has 15 aromatic rings. The average Bonchev–Trinajstić information content (AvgIpc) is 0.930. The van der Waals surface area contributed by atoms with Crippen LogP contribution in [0, 0.1) is 0 Å². The largest absolute Gasteiger partial charge is 0.311 e. The quantitative estimate of drug-likeness (QED) is 0.126. The summed E-state index contributed by atoms with van der Waals surface area (Å²) in [6.07, 6.45) is 0. The zero-order valence-corrected chi connectivity index (χ0v) is 47.6. The molecule has 0 atom stereocenters. The van der Waals surface area contributed by atoms with Crippen LogP contribution in [-0.4, -0.2) is 36.2 Å². The number of rotatable bonds is 10. The molecule has 0 amide bonds. The molecule has 0 bridgehead atoms. The summed E-state index contributed by atoms with van der Waals surface area (Å²) in [5.41, 5.74) is 23.0. The van der Waals surface area contributed by atoms with Gasteiger partial charge in [0.15, 0.2) is 23.3 Å². The molecule has 5 heterocycles. The second kappa shape index (κ2) is 21.1. The highest BCUT2D eigenvalue weighted by molar-refractivity contribution is 7.00. The first-order valence-corrected chi connectivity index (χ1v) is 29.8. The zero-order valence-electron chi connectivity index (χ0n) is 47.6. The molecule has 410 valence electrons. The van der Waals surface area contributed by atoms with Crippen LogP contribution in [0.15, 0.2) is 309 Å². The molecule has 0 aliphatic carbocycles. The summed E-state index contributed by atoms with van der Waals surface area (Å²) < 4.78 is 2.33. The van der Waals surface area contributed by atoms with Gasteiger partial charge in [-0.2, -0.15) is 0 Å². The SMILES string of the molecule is c1ccc(-c2cc(-c3ccccc3)nc(-c3ccc(-n4c5ccccc5c5ccccc54)c(-c4nc(-c5ccccc5)nc(-c5ccc(-c6cccc(N7c8ccccc8B8c9ccccc9N(c9ccccc9)c9cccc7c98)c6)cc5)n4)c3)n2)cc1. The number of para-hydroxylation sites is 5. The van der Waals surface area contributed by atoms with Gasteiger partial charge in [-0.15, -0.1) is 0 Å². The molecule has 3 aromatic heterocycles. The van der Waals surface area contributed by atoms with Gasteiger partial charge in [0.1, 0.15) is 0 Å². The molecule has 2 aliphatic heterocycles. The van der Waals surface area contributed by atoms with Gasteiger partial charge in [0, 0.05) is 78.3 Å². The van der Waals surface area contributed by atoms with Crippen molar-refractivity contribution < 1.29 is 0 Å². The van der Waals surface area contributed by atoms with Crippen molar-refractivity contribution in [3.05, 3.63) is 309 Å². The van der Waals surface area contributed by atoms with Crippen molar-refractivity contribution >= 4 is 79.0 Å². The van der Waals surface area contributed by atoms with Crippen molar-refractivity contribution in [2.45, 2.75) is 0 Å². The maximum atomic E-state index is 5.49. The fraction of sp³-hybridized carbons (Fsp3) is 0. The average molecular weight is 1120 g/mol. The number of hydrogen-bond acceptors (Lipinski definition) is 7.